The predicted octanol–water partition coefficient (Wildman–Crippen LogP) is 2.51. The number of carbonyl (C=O) groups excluding carboxylic acids is 1. The zero-order chi connectivity index (χ0) is 12.3. The Morgan fingerprint density at radius 2 is 2.35 bits per heavy atom. The molecule has 0 fully saturated rings. The molecular formula is C10H9BrN4OS. The fourth-order valence-electron chi connectivity index (χ4n) is 1.17. The van der Waals surface area contributed by atoms with Crippen molar-refractivity contribution in [2.24, 2.45) is 0 Å². The number of halogens is 1. The van der Waals surface area contributed by atoms with Gasteiger partial charge in [0.15, 0.2) is 0 Å². The Bertz CT molecular complexity index is 543. The Morgan fingerprint density at radius 3 is 3.00 bits per heavy atom. The van der Waals surface area contributed by atoms with Crippen molar-refractivity contribution in [2.75, 3.05) is 5.32 Å². The van der Waals surface area contributed by atoms with Gasteiger partial charge in [0.05, 0.1) is 5.56 Å². The molecule has 0 spiro atoms. The van der Waals surface area contributed by atoms with Gasteiger partial charge < -0.3 is 0 Å². The second kappa shape index (κ2) is 5.33. The molecule has 0 aromatic carbocycles. The number of aryl methyl sites for hydroxylation is 1. The van der Waals surface area contributed by atoms with E-state index in [1.807, 2.05) is 6.92 Å². The van der Waals surface area contributed by atoms with E-state index in [0.29, 0.717) is 15.3 Å². The minimum absolute atomic E-state index is 0.247. The molecule has 0 aliphatic rings. The third-order valence-electron chi connectivity index (χ3n) is 1.99. The zero-order valence-corrected chi connectivity index (χ0v) is 11.4. The first-order valence-corrected chi connectivity index (χ1v) is 6.56. The molecular weight excluding hydrogens is 304 g/mol. The third-order valence-corrected chi connectivity index (χ3v) is 3.61. The Hall–Kier alpha value is -1.34. The van der Waals surface area contributed by atoms with Gasteiger partial charge in [0.1, 0.15) is 9.61 Å². The van der Waals surface area contributed by atoms with Gasteiger partial charge in [-0.15, -0.1) is 10.2 Å². The Morgan fingerprint density at radius 1 is 1.53 bits per heavy atom. The second-order valence-electron chi connectivity index (χ2n) is 3.15. The normalized spacial score (nSPS) is 10.2. The Kier molecular flexibility index (Phi) is 3.80. The molecule has 1 amide bonds. The number of nitrogens with one attached hydrogen (secondary N) is 1. The molecule has 0 unspecified atom stereocenters. The van der Waals surface area contributed by atoms with Crippen molar-refractivity contribution in [3.63, 3.8) is 0 Å². The molecule has 0 atom stereocenters. The average Bonchev–Trinajstić information content (AvgIpc) is 2.77. The molecule has 2 aromatic rings. The van der Waals surface area contributed by atoms with Crippen molar-refractivity contribution in [3.05, 3.63) is 33.5 Å². The monoisotopic (exact) mass is 312 g/mol. The Labute approximate surface area is 110 Å². The number of amides is 1. The minimum atomic E-state index is -0.247. The molecule has 1 N–H and O–H groups in total. The summed E-state index contributed by atoms with van der Waals surface area (Å²) in [7, 11) is 0. The van der Waals surface area contributed by atoms with Crippen LogP contribution in [0.2, 0.25) is 0 Å². The van der Waals surface area contributed by atoms with Crippen molar-refractivity contribution >= 4 is 38.3 Å². The topological polar surface area (TPSA) is 67.8 Å². The largest absolute Gasteiger partial charge is 0.296 e. The number of hydrogen-bond donors (Lipinski definition) is 1. The van der Waals surface area contributed by atoms with Crippen LogP contribution in [0.25, 0.3) is 0 Å². The number of aromatic nitrogens is 3. The molecule has 2 heterocycles. The number of carbonyl (C=O) groups is 1. The van der Waals surface area contributed by atoms with Gasteiger partial charge in [-0.1, -0.05) is 18.3 Å². The van der Waals surface area contributed by atoms with E-state index in [2.05, 4.69) is 36.4 Å². The van der Waals surface area contributed by atoms with Gasteiger partial charge in [-0.05, 0) is 34.5 Å². The first-order chi connectivity index (χ1) is 8.20. The highest BCUT2D eigenvalue weighted by Gasteiger charge is 2.12. The van der Waals surface area contributed by atoms with Crippen molar-refractivity contribution in [1.82, 2.24) is 15.2 Å². The highest BCUT2D eigenvalue weighted by molar-refractivity contribution is 9.10. The van der Waals surface area contributed by atoms with Crippen LogP contribution in [0, 0.1) is 0 Å². The maximum atomic E-state index is 11.9. The highest BCUT2D eigenvalue weighted by Crippen LogP contribution is 2.18. The van der Waals surface area contributed by atoms with Crippen LogP contribution < -0.4 is 5.32 Å². The minimum Gasteiger partial charge on any atom is -0.296 e. The fourth-order valence-corrected chi connectivity index (χ4v) is 2.27. The summed E-state index contributed by atoms with van der Waals surface area (Å²) in [5.74, 6) is -0.247. The smallest absolute Gasteiger partial charge is 0.260 e. The Balaban J connectivity index is 2.14. The van der Waals surface area contributed by atoms with Crippen molar-refractivity contribution in [1.29, 1.82) is 0 Å². The standard InChI is InChI=1S/C10H9BrN4OS/c1-2-7-14-15-10(17-7)13-9(16)6-4-3-5-12-8(6)11/h3-5H,2H2,1H3,(H,13,15,16). The van der Waals surface area contributed by atoms with Crippen LogP contribution in [0.5, 0.6) is 0 Å². The zero-order valence-electron chi connectivity index (χ0n) is 8.98. The van der Waals surface area contributed by atoms with Gasteiger partial charge in [-0.3, -0.25) is 10.1 Å². The highest BCUT2D eigenvalue weighted by atomic mass is 79.9. The van der Waals surface area contributed by atoms with Crippen LogP contribution in [0.15, 0.2) is 22.9 Å². The average molecular weight is 313 g/mol. The lowest BCUT2D eigenvalue weighted by atomic mass is 10.3. The molecule has 17 heavy (non-hydrogen) atoms. The summed E-state index contributed by atoms with van der Waals surface area (Å²) in [6, 6.07) is 3.39. The van der Waals surface area contributed by atoms with E-state index in [-0.39, 0.29) is 5.91 Å². The van der Waals surface area contributed by atoms with Gasteiger partial charge in [-0.25, -0.2) is 4.98 Å². The summed E-state index contributed by atoms with van der Waals surface area (Å²) in [6.45, 7) is 1.99. The molecule has 2 rings (SSSR count). The fraction of sp³-hybridized carbons (Fsp3) is 0.200. The predicted molar refractivity (Wildman–Crippen MR) is 69.2 cm³/mol. The maximum Gasteiger partial charge on any atom is 0.260 e. The molecule has 0 aliphatic carbocycles. The van der Waals surface area contributed by atoms with Gasteiger partial charge >= 0.3 is 0 Å². The van der Waals surface area contributed by atoms with E-state index in [9.17, 15) is 4.79 Å². The molecule has 0 aliphatic heterocycles. The van der Waals surface area contributed by atoms with Gasteiger partial charge in [-0.2, -0.15) is 0 Å². The number of pyridine rings is 1. The van der Waals surface area contributed by atoms with Crippen LogP contribution in [0.4, 0.5) is 5.13 Å². The van der Waals surface area contributed by atoms with E-state index >= 15 is 0 Å². The lowest BCUT2D eigenvalue weighted by Crippen LogP contribution is -2.12. The summed E-state index contributed by atoms with van der Waals surface area (Å²) >= 11 is 4.60. The first kappa shape index (κ1) is 12.1. The summed E-state index contributed by atoms with van der Waals surface area (Å²) < 4.78 is 0.512. The maximum absolute atomic E-state index is 11.9. The van der Waals surface area contributed by atoms with E-state index in [4.69, 9.17) is 0 Å². The van der Waals surface area contributed by atoms with Crippen LogP contribution in [-0.2, 0) is 6.42 Å². The summed E-state index contributed by atoms with van der Waals surface area (Å²) in [5, 5.41) is 11.9. The number of anilines is 1. The molecule has 88 valence electrons. The third kappa shape index (κ3) is 2.86. The lowest BCUT2D eigenvalue weighted by Gasteiger charge is -2.01. The van der Waals surface area contributed by atoms with E-state index < -0.39 is 0 Å². The van der Waals surface area contributed by atoms with Gasteiger partial charge in [0.2, 0.25) is 5.13 Å². The second-order valence-corrected chi connectivity index (χ2v) is 4.96. The number of nitrogens with zero attached hydrogens (tertiary/aromatic N) is 3. The van der Waals surface area contributed by atoms with Crippen LogP contribution in [-0.4, -0.2) is 21.1 Å². The molecule has 5 nitrogen and oxygen atoms in total. The summed E-state index contributed by atoms with van der Waals surface area (Å²) in [4.78, 5) is 15.9. The quantitative estimate of drug-likeness (QED) is 0.884. The summed E-state index contributed by atoms with van der Waals surface area (Å²) in [5.41, 5.74) is 0.473. The molecule has 0 saturated heterocycles. The van der Waals surface area contributed by atoms with Crippen LogP contribution >= 0.6 is 27.3 Å². The lowest BCUT2D eigenvalue weighted by molar-refractivity contribution is 0.102. The van der Waals surface area contributed by atoms with E-state index in [0.717, 1.165) is 11.4 Å². The van der Waals surface area contributed by atoms with Crippen molar-refractivity contribution in [2.45, 2.75) is 13.3 Å². The molecule has 0 radical (unpaired) electrons. The van der Waals surface area contributed by atoms with Crippen LogP contribution in [0.3, 0.4) is 0 Å². The molecule has 2 aromatic heterocycles. The number of rotatable bonds is 3. The SMILES string of the molecule is CCc1nnc(NC(=O)c2cccnc2Br)s1. The van der Waals surface area contributed by atoms with Crippen LogP contribution in [0.1, 0.15) is 22.3 Å². The summed E-state index contributed by atoms with van der Waals surface area (Å²) in [6.07, 6.45) is 2.42. The van der Waals surface area contributed by atoms with Gasteiger partial charge in [0, 0.05) is 6.20 Å². The molecule has 7 heteroatoms. The first-order valence-electron chi connectivity index (χ1n) is 4.95. The molecule has 0 bridgehead atoms. The van der Waals surface area contributed by atoms with Gasteiger partial charge in [0.25, 0.3) is 5.91 Å². The molecule has 0 saturated carbocycles. The number of hydrogen-bond acceptors (Lipinski definition) is 5. The van der Waals surface area contributed by atoms with Crippen molar-refractivity contribution in [3.8, 4) is 0 Å². The van der Waals surface area contributed by atoms with E-state index in [1.165, 1.54) is 11.3 Å². The van der Waals surface area contributed by atoms with Crippen molar-refractivity contribution < 1.29 is 4.79 Å². The van der Waals surface area contributed by atoms with E-state index in [1.54, 1.807) is 18.3 Å².